The van der Waals surface area contributed by atoms with Gasteiger partial charge in [-0.1, -0.05) is 146 Å². The van der Waals surface area contributed by atoms with Gasteiger partial charge in [-0.15, -0.1) is 0 Å². The highest BCUT2D eigenvalue weighted by molar-refractivity contribution is 5.66. The summed E-state index contributed by atoms with van der Waals surface area (Å²) in [5.41, 5.74) is 13.8. The number of phenols is 2. The first-order valence-corrected chi connectivity index (χ1v) is 21.7. The van der Waals surface area contributed by atoms with Crippen molar-refractivity contribution in [3.8, 4) is 45.8 Å². The van der Waals surface area contributed by atoms with Gasteiger partial charge < -0.3 is 20.4 Å². The van der Waals surface area contributed by atoms with Crippen LogP contribution in [-0.4, -0.2) is 49.2 Å². The standard InChI is InChI=1S/C28H25N3O2.C27H23N3O2/c1-2-19-10-6-11-21(14-19)16-25-28(33)31-18-26(22-12-7-13-23(32)17-22)29-24(27(31)30-25)15-20-8-4-3-5-9-20;1-18-10-12-20(13-11-18)15-24-27(32)30-17-25(21-8-5-9-22(31)16-21)28-23(26(30)29-24)14-19-6-3-2-4-7-19/h3-14,17-18,32-33H,2,15-16H2,1H3;2-13,16-17,31-32H,14-15H2,1H3. The van der Waals surface area contributed by atoms with Crippen LogP contribution in [0.5, 0.6) is 23.3 Å². The van der Waals surface area contributed by atoms with Crippen LogP contribution in [0.2, 0.25) is 0 Å². The molecule has 0 saturated carbocycles. The average molecular weight is 857 g/mol. The summed E-state index contributed by atoms with van der Waals surface area (Å²) in [7, 11) is 0. The molecule has 0 bridgehead atoms. The summed E-state index contributed by atoms with van der Waals surface area (Å²) < 4.78 is 3.41. The van der Waals surface area contributed by atoms with E-state index in [1.807, 2.05) is 54.6 Å². The van der Waals surface area contributed by atoms with Gasteiger partial charge in [0.15, 0.2) is 11.3 Å². The van der Waals surface area contributed by atoms with E-state index < -0.39 is 0 Å². The Morgan fingerprint density at radius 3 is 1.29 bits per heavy atom. The quantitative estimate of drug-likeness (QED) is 0.101. The van der Waals surface area contributed by atoms with Crippen LogP contribution >= 0.6 is 0 Å². The van der Waals surface area contributed by atoms with Crippen molar-refractivity contribution >= 4 is 11.3 Å². The molecule has 65 heavy (non-hydrogen) atoms. The van der Waals surface area contributed by atoms with Crippen LogP contribution in [0.4, 0.5) is 0 Å². The van der Waals surface area contributed by atoms with E-state index in [-0.39, 0.29) is 23.3 Å². The fourth-order valence-corrected chi connectivity index (χ4v) is 8.00. The van der Waals surface area contributed by atoms with Crippen LogP contribution in [0.3, 0.4) is 0 Å². The molecule has 10 aromatic rings. The number of phenolic OH excluding ortho intramolecular Hbond substituents is 2. The molecule has 4 heterocycles. The van der Waals surface area contributed by atoms with Gasteiger partial charge in [0.25, 0.3) is 0 Å². The highest BCUT2D eigenvalue weighted by Crippen LogP contribution is 2.31. The van der Waals surface area contributed by atoms with Crippen LogP contribution < -0.4 is 0 Å². The second-order valence-corrected chi connectivity index (χ2v) is 16.2. The topological polar surface area (TPSA) is 141 Å². The molecule has 0 spiro atoms. The lowest BCUT2D eigenvalue weighted by atomic mass is 10.1. The SMILES string of the molecule is CCc1cccc(Cc2nc3c(Cc4ccccc4)nc(-c4cccc(O)c4)cn3c2O)c1.Cc1ccc(Cc2nc3c(Cc4ccccc4)nc(-c4cccc(O)c4)cn3c2O)cc1. The molecule has 0 aliphatic carbocycles. The summed E-state index contributed by atoms with van der Waals surface area (Å²) in [6.45, 7) is 4.18. The van der Waals surface area contributed by atoms with Crippen molar-refractivity contribution in [3.05, 3.63) is 226 Å². The van der Waals surface area contributed by atoms with Gasteiger partial charge in [-0.05, 0) is 65.4 Å². The molecule has 4 aromatic heterocycles. The van der Waals surface area contributed by atoms with E-state index in [4.69, 9.17) is 19.9 Å². The largest absolute Gasteiger partial charge is 0.508 e. The molecule has 0 aliphatic heterocycles. The first-order valence-electron chi connectivity index (χ1n) is 21.7. The minimum Gasteiger partial charge on any atom is -0.508 e. The number of rotatable bonds is 11. The maximum atomic E-state index is 11.1. The smallest absolute Gasteiger partial charge is 0.219 e. The Bertz CT molecular complexity index is 3250. The number of aromatic nitrogens is 6. The average Bonchev–Trinajstić information content (AvgIpc) is 3.82. The number of fused-ring (bicyclic) bond motifs is 2. The Balaban J connectivity index is 0.000000164. The van der Waals surface area contributed by atoms with E-state index in [0.717, 1.165) is 51.2 Å². The van der Waals surface area contributed by atoms with Crippen molar-refractivity contribution in [3.63, 3.8) is 0 Å². The highest BCUT2D eigenvalue weighted by atomic mass is 16.3. The van der Waals surface area contributed by atoms with Crippen LogP contribution in [0, 0.1) is 6.92 Å². The van der Waals surface area contributed by atoms with Gasteiger partial charge in [0, 0.05) is 49.2 Å². The molecule has 0 saturated heterocycles. The van der Waals surface area contributed by atoms with Crippen LogP contribution in [0.15, 0.2) is 170 Å². The molecular weight excluding hydrogens is 809 g/mol. The van der Waals surface area contributed by atoms with E-state index in [9.17, 15) is 20.4 Å². The fraction of sp³-hybridized carbons (Fsp3) is 0.127. The minimum absolute atomic E-state index is 0.110. The lowest BCUT2D eigenvalue weighted by Gasteiger charge is -2.09. The maximum absolute atomic E-state index is 11.1. The van der Waals surface area contributed by atoms with Crippen molar-refractivity contribution < 1.29 is 20.4 Å². The summed E-state index contributed by atoms with van der Waals surface area (Å²) in [5, 5.41) is 42.1. The van der Waals surface area contributed by atoms with E-state index in [2.05, 4.69) is 80.6 Å². The number of nitrogens with zero attached hydrogens (tertiary/aromatic N) is 6. The first kappa shape index (κ1) is 42.1. The van der Waals surface area contributed by atoms with Gasteiger partial charge in [0.2, 0.25) is 11.8 Å². The Labute approximate surface area is 377 Å². The predicted molar refractivity (Wildman–Crippen MR) is 255 cm³/mol. The van der Waals surface area contributed by atoms with Crippen LogP contribution in [0.1, 0.15) is 63.1 Å². The van der Waals surface area contributed by atoms with Gasteiger partial charge in [-0.25, -0.2) is 19.9 Å². The third kappa shape index (κ3) is 9.57. The van der Waals surface area contributed by atoms with Crippen molar-refractivity contribution in [2.45, 2.75) is 46.0 Å². The Hall–Kier alpha value is -8.24. The molecule has 0 atom stereocenters. The molecule has 10 rings (SSSR count). The zero-order valence-electron chi connectivity index (χ0n) is 36.2. The minimum atomic E-state index is 0.110. The van der Waals surface area contributed by atoms with Crippen molar-refractivity contribution in [1.82, 2.24) is 28.7 Å². The van der Waals surface area contributed by atoms with E-state index >= 15 is 0 Å². The van der Waals surface area contributed by atoms with Crippen molar-refractivity contribution in [2.75, 3.05) is 0 Å². The number of benzene rings is 6. The number of aryl methyl sites for hydroxylation is 2. The lowest BCUT2D eigenvalue weighted by Crippen LogP contribution is -2.00. The number of hydrogen-bond acceptors (Lipinski definition) is 8. The second-order valence-electron chi connectivity index (χ2n) is 16.2. The molecule has 322 valence electrons. The molecular formula is C55H48N6O4. The fourth-order valence-electron chi connectivity index (χ4n) is 8.00. The molecule has 0 fully saturated rings. The lowest BCUT2D eigenvalue weighted by molar-refractivity contribution is 0.441. The molecule has 0 aliphatic rings. The molecule has 0 unspecified atom stereocenters. The molecule has 10 nitrogen and oxygen atoms in total. The second kappa shape index (κ2) is 18.6. The number of imidazole rings is 2. The van der Waals surface area contributed by atoms with Gasteiger partial charge in [-0.2, -0.15) is 0 Å². The first-order chi connectivity index (χ1) is 31.7. The Morgan fingerprint density at radius 1 is 0.400 bits per heavy atom. The van der Waals surface area contributed by atoms with E-state index in [1.165, 1.54) is 11.1 Å². The van der Waals surface area contributed by atoms with Gasteiger partial charge in [0.05, 0.1) is 22.8 Å². The monoisotopic (exact) mass is 856 g/mol. The van der Waals surface area contributed by atoms with Crippen LogP contribution in [-0.2, 0) is 32.1 Å². The van der Waals surface area contributed by atoms with E-state index in [0.29, 0.717) is 59.8 Å². The van der Waals surface area contributed by atoms with Crippen molar-refractivity contribution in [2.24, 2.45) is 0 Å². The zero-order valence-corrected chi connectivity index (χ0v) is 36.2. The Morgan fingerprint density at radius 2 is 0.815 bits per heavy atom. The summed E-state index contributed by atoms with van der Waals surface area (Å²) in [6.07, 6.45) is 6.75. The predicted octanol–water partition coefficient (Wildman–Crippen LogP) is 10.8. The van der Waals surface area contributed by atoms with E-state index in [1.54, 1.807) is 57.6 Å². The van der Waals surface area contributed by atoms with Gasteiger partial charge >= 0.3 is 0 Å². The number of aromatic hydroxyl groups is 4. The molecule has 0 radical (unpaired) electrons. The third-order valence-corrected chi connectivity index (χ3v) is 11.4. The third-order valence-electron chi connectivity index (χ3n) is 11.4. The summed E-state index contributed by atoms with van der Waals surface area (Å²) in [4.78, 5) is 19.4. The highest BCUT2D eigenvalue weighted by Gasteiger charge is 2.20. The molecule has 6 aromatic carbocycles. The maximum Gasteiger partial charge on any atom is 0.219 e. The number of hydrogen-bond donors (Lipinski definition) is 4. The molecule has 0 amide bonds. The van der Waals surface area contributed by atoms with Gasteiger partial charge in [-0.3, -0.25) is 8.80 Å². The van der Waals surface area contributed by atoms with Crippen LogP contribution in [0.25, 0.3) is 33.8 Å². The molecule has 4 N–H and O–H groups in total. The summed E-state index contributed by atoms with van der Waals surface area (Å²) in [6, 6.07) is 50.7. The molecule has 10 heteroatoms. The zero-order chi connectivity index (χ0) is 44.9. The summed E-state index contributed by atoms with van der Waals surface area (Å²) >= 11 is 0. The van der Waals surface area contributed by atoms with Gasteiger partial charge in [0.1, 0.15) is 22.9 Å². The normalized spacial score (nSPS) is 11.2. The summed E-state index contributed by atoms with van der Waals surface area (Å²) in [5.74, 6) is 0.568. The van der Waals surface area contributed by atoms with Crippen molar-refractivity contribution in [1.29, 1.82) is 0 Å². The Kier molecular flexibility index (Phi) is 12.1.